The fourth-order valence-corrected chi connectivity index (χ4v) is 3.25. The molecular weight excluding hydrogens is 364 g/mol. The van der Waals surface area contributed by atoms with Gasteiger partial charge in [0.2, 0.25) is 5.78 Å². The van der Waals surface area contributed by atoms with Gasteiger partial charge in [-0.2, -0.15) is 0 Å². The van der Waals surface area contributed by atoms with Gasteiger partial charge in [0.05, 0.1) is 13.5 Å². The van der Waals surface area contributed by atoms with Crippen molar-refractivity contribution in [2.24, 2.45) is 0 Å². The molecule has 29 heavy (non-hydrogen) atoms. The summed E-state index contributed by atoms with van der Waals surface area (Å²) in [5.41, 5.74) is 2.54. The smallest absolute Gasteiger partial charge is 0.307 e. The topological polar surface area (TPSA) is 52.6 Å². The maximum Gasteiger partial charge on any atom is 0.307 e. The third-order valence-corrected chi connectivity index (χ3v) is 4.83. The van der Waals surface area contributed by atoms with Gasteiger partial charge in [-0.05, 0) is 42.3 Å². The van der Waals surface area contributed by atoms with E-state index in [0.29, 0.717) is 11.3 Å². The molecule has 3 aromatic carbocycles. The monoisotopic (exact) mass is 388 g/mol. The van der Waals surface area contributed by atoms with E-state index in [1.54, 1.807) is 38.3 Å². The number of benzene rings is 3. The summed E-state index contributed by atoms with van der Waals surface area (Å²) < 4.78 is 10.6. The van der Waals surface area contributed by atoms with E-state index >= 15 is 0 Å². The van der Waals surface area contributed by atoms with Crippen LogP contribution in [-0.2, 0) is 9.53 Å². The standard InChI is InChI=1S/C25H24O4/c1-18(25(27)21-13-15-22(28-2)16-14-21)29-24(26)17-23(19-9-5-3-6-10-19)20-11-7-4-8-12-20/h3-16,18,23H,17H2,1-2H3/t18-/m1/s1. The predicted octanol–water partition coefficient (Wildman–Crippen LogP) is 5.03. The third kappa shape index (κ3) is 5.32. The number of ketones is 1. The van der Waals surface area contributed by atoms with Crippen molar-refractivity contribution in [2.75, 3.05) is 7.11 Å². The van der Waals surface area contributed by atoms with Crippen molar-refractivity contribution in [3.8, 4) is 5.75 Å². The van der Waals surface area contributed by atoms with Crippen LogP contribution in [0.4, 0.5) is 0 Å². The minimum atomic E-state index is -0.858. The summed E-state index contributed by atoms with van der Waals surface area (Å²) in [6.07, 6.45) is -0.697. The summed E-state index contributed by atoms with van der Waals surface area (Å²) in [6, 6.07) is 26.4. The molecule has 3 rings (SSSR count). The van der Waals surface area contributed by atoms with E-state index < -0.39 is 12.1 Å². The molecule has 148 valence electrons. The first kappa shape index (κ1) is 20.3. The molecule has 0 spiro atoms. The summed E-state index contributed by atoms with van der Waals surface area (Å²) >= 11 is 0. The van der Waals surface area contributed by atoms with E-state index in [-0.39, 0.29) is 18.1 Å². The van der Waals surface area contributed by atoms with Crippen LogP contribution >= 0.6 is 0 Å². The van der Waals surface area contributed by atoms with Gasteiger partial charge in [-0.3, -0.25) is 9.59 Å². The second kappa shape index (κ2) is 9.69. The summed E-state index contributed by atoms with van der Waals surface area (Å²) in [6.45, 7) is 1.60. The maximum absolute atomic E-state index is 12.7. The second-order valence-corrected chi connectivity index (χ2v) is 6.80. The van der Waals surface area contributed by atoms with Crippen molar-refractivity contribution < 1.29 is 19.1 Å². The number of hydrogen-bond acceptors (Lipinski definition) is 4. The average Bonchev–Trinajstić information content (AvgIpc) is 2.78. The van der Waals surface area contributed by atoms with Crippen molar-refractivity contribution >= 4 is 11.8 Å². The number of carbonyl (C=O) groups excluding carboxylic acids is 2. The molecule has 0 aliphatic carbocycles. The molecule has 0 bridgehead atoms. The van der Waals surface area contributed by atoms with Gasteiger partial charge < -0.3 is 9.47 Å². The van der Waals surface area contributed by atoms with Crippen molar-refractivity contribution in [3.05, 3.63) is 102 Å². The average molecular weight is 388 g/mol. The minimum absolute atomic E-state index is 0.131. The molecule has 0 saturated heterocycles. The summed E-state index contributed by atoms with van der Waals surface area (Å²) in [5.74, 6) is -0.109. The molecule has 0 radical (unpaired) electrons. The van der Waals surface area contributed by atoms with Crippen molar-refractivity contribution in [1.82, 2.24) is 0 Å². The lowest BCUT2D eigenvalue weighted by atomic mass is 9.88. The number of ether oxygens (including phenoxy) is 2. The molecule has 0 aliphatic heterocycles. The normalized spacial score (nSPS) is 11.7. The highest BCUT2D eigenvalue weighted by atomic mass is 16.5. The second-order valence-electron chi connectivity index (χ2n) is 6.80. The van der Waals surface area contributed by atoms with Crippen LogP contribution in [0.15, 0.2) is 84.9 Å². The fourth-order valence-electron chi connectivity index (χ4n) is 3.25. The Kier molecular flexibility index (Phi) is 6.80. The zero-order valence-corrected chi connectivity index (χ0v) is 16.6. The number of rotatable bonds is 8. The van der Waals surface area contributed by atoms with Gasteiger partial charge in [0, 0.05) is 11.5 Å². The fraction of sp³-hybridized carbons (Fsp3) is 0.200. The Bertz CT molecular complexity index is 894. The molecule has 0 unspecified atom stereocenters. The molecule has 4 heteroatoms. The van der Waals surface area contributed by atoms with Crippen LogP contribution in [0.2, 0.25) is 0 Å². The van der Waals surface area contributed by atoms with Gasteiger partial charge in [0.15, 0.2) is 6.10 Å². The predicted molar refractivity (Wildman–Crippen MR) is 112 cm³/mol. The van der Waals surface area contributed by atoms with Crippen LogP contribution in [0.1, 0.15) is 40.7 Å². The molecule has 0 N–H and O–H groups in total. The van der Waals surface area contributed by atoms with Crippen LogP contribution in [-0.4, -0.2) is 25.0 Å². The Labute approximate surface area is 171 Å². The first-order valence-electron chi connectivity index (χ1n) is 9.56. The molecule has 3 aromatic rings. The van der Waals surface area contributed by atoms with Gasteiger partial charge in [-0.1, -0.05) is 60.7 Å². The third-order valence-electron chi connectivity index (χ3n) is 4.83. The summed E-state index contributed by atoms with van der Waals surface area (Å²) in [4.78, 5) is 25.2. The summed E-state index contributed by atoms with van der Waals surface area (Å²) in [5, 5.41) is 0. The Morgan fingerprint density at radius 3 is 1.79 bits per heavy atom. The quantitative estimate of drug-likeness (QED) is 0.401. The van der Waals surface area contributed by atoms with Crippen LogP contribution in [0.25, 0.3) is 0 Å². The van der Waals surface area contributed by atoms with Gasteiger partial charge in [-0.15, -0.1) is 0 Å². The highest BCUT2D eigenvalue weighted by molar-refractivity contribution is 6.00. The zero-order valence-electron chi connectivity index (χ0n) is 16.6. The van der Waals surface area contributed by atoms with E-state index in [1.807, 2.05) is 60.7 Å². The lowest BCUT2D eigenvalue weighted by Gasteiger charge is -2.19. The Morgan fingerprint density at radius 2 is 1.31 bits per heavy atom. The molecule has 4 nitrogen and oxygen atoms in total. The first-order valence-corrected chi connectivity index (χ1v) is 9.56. The summed E-state index contributed by atoms with van der Waals surface area (Å²) in [7, 11) is 1.57. The number of esters is 1. The van der Waals surface area contributed by atoms with E-state index in [2.05, 4.69) is 0 Å². The van der Waals surface area contributed by atoms with Crippen LogP contribution in [0.5, 0.6) is 5.75 Å². The minimum Gasteiger partial charge on any atom is -0.497 e. The number of Topliss-reactive ketones (excluding diaryl/α,β-unsaturated/α-hetero) is 1. The van der Waals surface area contributed by atoms with Gasteiger partial charge in [0.1, 0.15) is 5.75 Å². The number of methoxy groups -OCH3 is 1. The largest absolute Gasteiger partial charge is 0.497 e. The molecule has 0 saturated carbocycles. The molecule has 0 heterocycles. The Hall–Kier alpha value is -3.40. The Morgan fingerprint density at radius 1 is 0.793 bits per heavy atom. The zero-order chi connectivity index (χ0) is 20.6. The Balaban J connectivity index is 1.70. The number of hydrogen-bond donors (Lipinski definition) is 0. The SMILES string of the molecule is COc1ccc(C(=O)[C@@H](C)OC(=O)CC(c2ccccc2)c2ccccc2)cc1. The lowest BCUT2D eigenvalue weighted by Crippen LogP contribution is -2.25. The van der Waals surface area contributed by atoms with E-state index in [1.165, 1.54) is 0 Å². The van der Waals surface area contributed by atoms with Crippen molar-refractivity contribution in [2.45, 2.75) is 25.4 Å². The number of carbonyl (C=O) groups is 2. The lowest BCUT2D eigenvalue weighted by molar-refractivity contribution is -0.146. The van der Waals surface area contributed by atoms with Gasteiger partial charge in [0.25, 0.3) is 0 Å². The molecule has 0 aliphatic rings. The maximum atomic E-state index is 12.7. The van der Waals surface area contributed by atoms with Crippen LogP contribution in [0, 0.1) is 0 Å². The van der Waals surface area contributed by atoms with E-state index in [9.17, 15) is 9.59 Å². The van der Waals surface area contributed by atoms with E-state index in [0.717, 1.165) is 11.1 Å². The molecule has 0 aromatic heterocycles. The van der Waals surface area contributed by atoms with E-state index in [4.69, 9.17) is 9.47 Å². The molecule has 0 amide bonds. The van der Waals surface area contributed by atoms with Crippen LogP contribution < -0.4 is 4.74 Å². The molecule has 1 atom stereocenters. The first-order chi connectivity index (χ1) is 14.1. The highest BCUT2D eigenvalue weighted by Gasteiger charge is 2.23. The molecule has 0 fully saturated rings. The molecular formula is C25H24O4. The van der Waals surface area contributed by atoms with Gasteiger partial charge >= 0.3 is 5.97 Å². The highest BCUT2D eigenvalue weighted by Crippen LogP contribution is 2.28. The van der Waals surface area contributed by atoms with Crippen LogP contribution in [0.3, 0.4) is 0 Å². The van der Waals surface area contributed by atoms with Gasteiger partial charge in [-0.25, -0.2) is 0 Å². The van der Waals surface area contributed by atoms with Crippen molar-refractivity contribution in [1.29, 1.82) is 0 Å². The van der Waals surface area contributed by atoms with Crippen molar-refractivity contribution in [3.63, 3.8) is 0 Å².